The van der Waals surface area contributed by atoms with Gasteiger partial charge in [0.1, 0.15) is 10.6 Å². The Morgan fingerprint density at radius 1 is 1.12 bits per heavy atom. The Hall–Kier alpha value is -3.33. The van der Waals surface area contributed by atoms with Crippen LogP contribution in [-0.4, -0.2) is 27.5 Å². The van der Waals surface area contributed by atoms with E-state index in [1.165, 1.54) is 49.6 Å². The second-order valence-electron chi connectivity index (χ2n) is 5.04. The van der Waals surface area contributed by atoms with Crippen LogP contribution in [0.2, 0.25) is 0 Å². The minimum absolute atomic E-state index is 0.0180. The zero-order chi connectivity index (χ0) is 19.3. The first-order valence-corrected chi connectivity index (χ1v) is 8.62. The van der Waals surface area contributed by atoms with Gasteiger partial charge in [0.15, 0.2) is 0 Å². The van der Waals surface area contributed by atoms with Crippen LogP contribution in [0.5, 0.6) is 5.75 Å². The second kappa shape index (κ2) is 7.70. The summed E-state index contributed by atoms with van der Waals surface area (Å²) in [6.07, 6.45) is 1.93. The number of hydrogen-bond acceptors (Lipinski definition) is 7. The summed E-state index contributed by atoms with van der Waals surface area (Å²) in [5.41, 5.74) is 0.117. The number of aromatic carboxylic acids is 1. The number of rotatable bonds is 7. The van der Waals surface area contributed by atoms with Crippen molar-refractivity contribution in [3.8, 4) is 5.75 Å². The number of carboxylic acid groups (broad SMARTS) is 2. The monoisotopic (exact) mass is 375 g/mol. The minimum Gasteiger partial charge on any atom is -0.545 e. The van der Waals surface area contributed by atoms with Gasteiger partial charge >= 0.3 is 0 Å². The van der Waals surface area contributed by atoms with Crippen molar-refractivity contribution in [2.75, 3.05) is 11.8 Å². The zero-order valence-corrected chi connectivity index (χ0v) is 14.3. The fourth-order valence-corrected chi connectivity index (χ4v) is 3.35. The van der Waals surface area contributed by atoms with E-state index in [9.17, 15) is 28.2 Å². The first kappa shape index (κ1) is 19.0. The van der Waals surface area contributed by atoms with Gasteiger partial charge in [-0.05, 0) is 41.5 Å². The third kappa shape index (κ3) is 4.61. The van der Waals surface area contributed by atoms with Crippen LogP contribution >= 0.6 is 0 Å². The van der Waals surface area contributed by atoms with Gasteiger partial charge in [0, 0.05) is 5.69 Å². The smallest absolute Gasteiger partial charge is 0.265 e. The zero-order valence-electron chi connectivity index (χ0n) is 13.5. The van der Waals surface area contributed by atoms with Crippen LogP contribution in [-0.2, 0) is 14.8 Å². The van der Waals surface area contributed by atoms with E-state index in [0.29, 0.717) is 5.56 Å². The maximum Gasteiger partial charge on any atom is 0.265 e. The van der Waals surface area contributed by atoms with Crippen molar-refractivity contribution < 1.29 is 33.0 Å². The van der Waals surface area contributed by atoms with Crippen LogP contribution < -0.4 is 19.7 Å². The first-order chi connectivity index (χ1) is 12.2. The summed E-state index contributed by atoms with van der Waals surface area (Å²) in [5, 5.41) is 21.4. The maximum atomic E-state index is 12.6. The van der Waals surface area contributed by atoms with E-state index in [-0.39, 0.29) is 21.9 Å². The molecule has 0 atom stereocenters. The lowest BCUT2D eigenvalue weighted by atomic mass is 10.2. The van der Waals surface area contributed by atoms with Crippen LogP contribution in [0.25, 0.3) is 6.08 Å². The number of carbonyl (C=O) groups excluding carboxylic acids is 2. The molecule has 0 saturated carbocycles. The minimum atomic E-state index is -4.14. The van der Waals surface area contributed by atoms with Crippen molar-refractivity contribution in [1.29, 1.82) is 0 Å². The van der Waals surface area contributed by atoms with Crippen LogP contribution in [0.1, 0.15) is 15.9 Å². The Morgan fingerprint density at radius 3 is 2.46 bits per heavy atom. The first-order valence-electron chi connectivity index (χ1n) is 7.14. The van der Waals surface area contributed by atoms with Gasteiger partial charge in [-0.25, -0.2) is 8.42 Å². The topological polar surface area (TPSA) is 136 Å². The van der Waals surface area contributed by atoms with Crippen LogP contribution in [0, 0.1) is 0 Å². The molecule has 0 aliphatic carbocycles. The molecule has 2 aromatic carbocycles. The maximum absolute atomic E-state index is 12.6. The number of methoxy groups -OCH3 is 1. The van der Waals surface area contributed by atoms with Crippen molar-refractivity contribution >= 4 is 33.7 Å². The number of hydrogen-bond donors (Lipinski definition) is 1. The lowest BCUT2D eigenvalue weighted by Gasteiger charge is -2.13. The Kier molecular flexibility index (Phi) is 5.63. The molecule has 0 amide bonds. The number of aliphatic carboxylic acids is 1. The standard InChI is InChI=1S/C17H15NO7S/c1-25-14-7-5-11(6-8-16(19)20)9-15(14)26(23,24)18-13-4-2-3-12(10-13)17(21)22/h2-10,18H,1H3,(H,19,20)(H,21,22)/p-2. The molecule has 0 aliphatic rings. The van der Waals surface area contributed by atoms with Gasteiger partial charge in [-0.2, -0.15) is 0 Å². The van der Waals surface area contributed by atoms with E-state index in [4.69, 9.17) is 4.74 Å². The number of carboxylic acids is 2. The summed E-state index contributed by atoms with van der Waals surface area (Å²) in [6, 6.07) is 9.15. The van der Waals surface area contributed by atoms with E-state index >= 15 is 0 Å². The molecule has 8 nitrogen and oxygen atoms in total. The van der Waals surface area contributed by atoms with Crippen molar-refractivity contribution in [2.45, 2.75) is 4.90 Å². The van der Waals surface area contributed by atoms with Gasteiger partial charge < -0.3 is 24.5 Å². The SMILES string of the molecule is COc1ccc(C=CC(=O)[O-])cc1S(=O)(=O)Nc1cccc(C(=O)[O-])c1. The summed E-state index contributed by atoms with van der Waals surface area (Å²) in [7, 11) is -2.87. The van der Waals surface area contributed by atoms with Crippen molar-refractivity contribution in [1.82, 2.24) is 0 Å². The van der Waals surface area contributed by atoms with Crippen molar-refractivity contribution in [2.24, 2.45) is 0 Å². The molecule has 2 aromatic rings. The molecular weight excluding hydrogens is 362 g/mol. The number of nitrogens with one attached hydrogen (secondary N) is 1. The Balaban J connectivity index is 2.44. The van der Waals surface area contributed by atoms with Crippen molar-refractivity contribution in [3.05, 3.63) is 59.7 Å². The molecular formula is C17H13NO7S-2. The largest absolute Gasteiger partial charge is 0.545 e. The number of benzene rings is 2. The second-order valence-corrected chi connectivity index (χ2v) is 6.69. The fraction of sp³-hybridized carbons (Fsp3) is 0.0588. The molecule has 0 heterocycles. The molecule has 0 bridgehead atoms. The third-order valence-electron chi connectivity index (χ3n) is 3.24. The number of ether oxygens (including phenoxy) is 1. The molecule has 0 saturated heterocycles. The Bertz CT molecular complexity index is 980. The molecule has 0 radical (unpaired) electrons. The van der Waals surface area contributed by atoms with Crippen LogP contribution in [0.3, 0.4) is 0 Å². The van der Waals surface area contributed by atoms with Crippen LogP contribution in [0.4, 0.5) is 5.69 Å². The van der Waals surface area contributed by atoms with E-state index in [2.05, 4.69) is 4.72 Å². The quantitative estimate of drug-likeness (QED) is 0.652. The molecule has 9 heteroatoms. The third-order valence-corrected chi connectivity index (χ3v) is 4.64. The van der Waals surface area contributed by atoms with Crippen molar-refractivity contribution in [3.63, 3.8) is 0 Å². The number of sulfonamides is 1. The number of anilines is 1. The lowest BCUT2D eigenvalue weighted by Crippen LogP contribution is -2.22. The predicted molar refractivity (Wildman–Crippen MR) is 88.6 cm³/mol. The van der Waals surface area contributed by atoms with Gasteiger partial charge in [0.05, 0.1) is 19.0 Å². The highest BCUT2D eigenvalue weighted by molar-refractivity contribution is 7.92. The normalized spacial score (nSPS) is 11.3. The summed E-state index contributed by atoms with van der Waals surface area (Å²) < 4.78 is 32.6. The highest BCUT2D eigenvalue weighted by Crippen LogP contribution is 2.27. The average Bonchev–Trinajstić information content (AvgIpc) is 2.59. The van der Waals surface area contributed by atoms with Gasteiger partial charge in [0.25, 0.3) is 10.0 Å². The average molecular weight is 375 g/mol. The van der Waals surface area contributed by atoms with Gasteiger partial charge in [-0.15, -0.1) is 0 Å². The molecule has 0 unspecified atom stereocenters. The molecule has 0 aromatic heterocycles. The van der Waals surface area contributed by atoms with Gasteiger partial charge in [-0.1, -0.05) is 24.3 Å². The highest BCUT2D eigenvalue weighted by atomic mass is 32.2. The number of carbonyl (C=O) groups is 2. The summed E-state index contributed by atoms with van der Waals surface area (Å²) in [4.78, 5) is 21.1. The predicted octanol–water partition coefficient (Wildman–Crippen LogP) is -0.377. The molecule has 2 rings (SSSR count). The van der Waals surface area contributed by atoms with E-state index < -0.39 is 22.0 Å². The highest BCUT2D eigenvalue weighted by Gasteiger charge is 2.20. The van der Waals surface area contributed by atoms with Crippen LogP contribution in [0.15, 0.2) is 53.4 Å². The molecule has 1 N–H and O–H groups in total. The molecule has 26 heavy (non-hydrogen) atoms. The lowest BCUT2D eigenvalue weighted by molar-refractivity contribution is -0.297. The van der Waals surface area contributed by atoms with Gasteiger partial charge in [0.2, 0.25) is 0 Å². The molecule has 0 fully saturated rings. The molecule has 0 spiro atoms. The summed E-state index contributed by atoms with van der Waals surface area (Å²) >= 11 is 0. The van der Waals surface area contributed by atoms with Gasteiger partial charge in [-0.3, -0.25) is 4.72 Å². The van der Waals surface area contributed by atoms with E-state index in [1.54, 1.807) is 0 Å². The summed E-state index contributed by atoms with van der Waals surface area (Å²) in [5.74, 6) is -2.85. The molecule has 0 aliphatic heterocycles. The Morgan fingerprint density at radius 2 is 1.85 bits per heavy atom. The van der Waals surface area contributed by atoms with E-state index in [1.807, 2.05) is 0 Å². The molecule has 136 valence electrons. The van der Waals surface area contributed by atoms with E-state index in [0.717, 1.165) is 12.1 Å². The Labute approximate surface area is 149 Å². The fourth-order valence-electron chi connectivity index (χ4n) is 2.09. The summed E-state index contributed by atoms with van der Waals surface area (Å²) in [6.45, 7) is 0.